The third-order valence-corrected chi connectivity index (χ3v) is 6.20. The molecule has 9 nitrogen and oxygen atoms in total. The molecule has 0 aliphatic heterocycles. The van der Waals surface area contributed by atoms with Gasteiger partial charge in [0.15, 0.2) is 0 Å². The van der Waals surface area contributed by atoms with Crippen molar-refractivity contribution in [2.24, 2.45) is 0 Å². The van der Waals surface area contributed by atoms with Crippen LogP contribution in [0, 0.1) is 6.92 Å². The van der Waals surface area contributed by atoms with E-state index in [0.29, 0.717) is 28.3 Å². The maximum Gasteiger partial charge on any atom is 0.259 e. The van der Waals surface area contributed by atoms with Gasteiger partial charge in [-0.1, -0.05) is 5.16 Å². The van der Waals surface area contributed by atoms with Crippen molar-refractivity contribution < 1.29 is 9.32 Å². The number of aromatic nitrogens is 6. The molecule has 0 radical (unpaired) electrons. The number of fused-ring (bicyclic) bond motifs is 1. The van der Waals surface area contributed by atoms with Gasteiger partial charge in [-0.2, -0.15) is 10.2 Å². The first-order chi connectivity index (χ1) is 15.5. The quantitative estimate of drug-likeness (QED) is 0.472. The van der Waals surface area contributed by atoms with Gasteiger partial charge in [-0.05, 0) is 52.7 Å². The molecule has 32 heavy (non-hydrogen) atoms. The number of aryl methyl sites for hydroxylation is 2. The van der Waals surface area contributed by atoms with Gasteiger partial charge < -0.3 is 9.84 Å². The molecule has 0 aromatic carbocycles. The third kappa shape index (κ3) is 3.37. The van der Waals surface area contributed by atoms with Crippen LogP contribution < -0.4 is 5.32 Å². The summed E-state index contributed by atoms with van der Waals surface area (Å²) in [5, 5.41) is 16.8. The maximum atomic E-state index is 13.5. The Labute approximate surface area is 185 Å². The van der Waals surface area contributed by atoms with Crippen LogP contribution in [0.1, 0.15) is 73.0 Å². The first-order valence-electron chi connectivity index (χ1n) is 11.2. The highest BCUT2D eigenvalue weighted by atomic mass is 16.5. The summed E-state index contributed by atoms with van der Waals surface area (Å²) in [4.78, 5) is 18.2. The van der Waals surface area contributed by atoms with Crippen LogP contribution in [0.4, 0.5) is 0 Å². The van der Waals surface area contributed by atoms with E-state index in [0.717, 1.165) is 48.6 Å². The molecule has 0 bridgehead atoms. The fourth-order valence-corrected chi connectivity index (χ4v) is 4.24. The standard InChI is InChI=1S/C23H27N7O2/c1-5-29-14(4)17(12-25-29)21-20-16(11-18(15-7-8-15)27-23(20)32-28-21)22(31)26-13(3)19-9-10-24-30(19)6-2/h9-13,15H,5-8H2,1-4H3,(H,26,31)/t13-/m1/s1. The summed E-state index contributed by atoms with van der Waals surface area (Å²) >= 11 is 0. The molecule has 1 N–H and O–H groups in total. The van der Waals surface area contributed by atoms with E-state index in [2.05, 4.69) is 25.7 Å². The topological polar surface area (TPSA) is 104 Å². The van der Waals surface area contributed by atoms with E-state index < -0.39 is 0 Å². The monoisotopic (exact) mass is 433 g/mol. The lowest BCUT2D eigenvalue weighted by Crippen LogP contribution is -2.28. The van der Waals surface area contributed by atoms with E-state index >= 15 is 0 Å². The molecule has 1 atom stereocenters. The number of hydrogen-bond donors (Lipinski definition) is 1. The summed E-state index contributed by atoms with van der Waals surface area (Å²) in [6.07, 6.45) is 5.68. The average Bonchev–Trinajstić information content (AvgIpc) is 3.21. The third-order valence-electron chi connectivity index (χ3n) is 6.20. The first-order valence-corrected chi connectivity index (χ1v) is 11.2. The van der Waals surface area contributed by atoms with Crippen LogP contribution in [0.25, 0.3) is 22.4 Å². The zero-order valence-corrected chi connectivity index (χ0v) is 18.8. The van der Waals surface area contributed by atoms with Crippen LogP contribution >= 0.6 is 0 Å². The highest BCUT2D eigenvalue weighted by molar-refractivity contribution is 6.09. The maximum absolute atomic E-state index is 13.5. The summed E-state index contributed by atoms with van der Waals surface area (Å²) in [7, 11) is 0. The number of nitrogens with zero attached hydrogens (tertiary/aromatic N) is 6. The zero-order valence-electron chi connectivity index (χ0n) is 18.8. The van der Waals surface area contributed by atoms with Crippen molar-refractivity contribution in [3.05, 3.63) is 47.2 Å². The van der Waals surface area contributed by atoms with Gasteiger partial charge in [-0.15, -0.1) is 0 Å². The lowest BCUT2D eigenvalue weighted by molar-refractivity contribution is 0.0939. The lowest BCUT2D eigenvalue weighted by Gasteiger charge is -2.16. The van der Waals surface area contributed by atoms with Crippen LogP contribution in [-0.2, 0) is 13.1 Å². The SMILES string of the molecule is CCn1nccc1[C@@H](C)NC(=O)c1cc(C2CC2)nc2onc(-c3cnn(CC)c3C)c12. The van der Waals surface area contributed by atoms with Crippen LogP contribution in [0.3, 0.4) is 0 Å². The molecule has 1 amide bonds. The number of nitrogens with one attached hydrogen (secondary N) is 1. The minimum Gasteiger partial charge on any atom is -0.344 e. The van der Waals surface area contributed by atoms with Crippen molar-refractivity contribution in [1.82, 2.24) is 35.0 Å². The normalized spacial score (nSPS) is 14.8. The van der Waals surface area contributed by atoms with Gasteiger partial charge in [-0.3, -0.25) is 14.2 Å². The zero-order chi connectivity index (χ0) is 22.4. The molecule has 5 rings (SSSR count). The number of carbonyl (C=O) groups is 1. The Balaban J connectivity index is 1.59. The van der Waals surface area contributed by atoms with Gasteiger partial charge in [-0.25, -0.2) is 4.98 Å². The second-order valence-electron chi connectivity index (χ2n) is 8.31. The molecule has 1 aliphatic rings. The summed E-state index contributed by atoms with van der Waals surface area (Å²) in [5.41, 5.74) is 5.19. The Kier molecular flexibility index (Phi) is 5.03. The number of carbonyl (C=O) groups excluding carboxylic acids is 1. The van der Waals surface area contributed by atoms with Crippen molar-refractivity contribution in [1.29, 1.82) is 0 Å². The van der Waals surface area contributed by atoms with Gasteiger partial charge in [0.2, 0.25) is 0 Å². The summed E-state index contributed by atoms with van der Waals surface area (Å²) in [6.45, 7) is 9.51. The van der Waals surface area contributed by atoms with Crippen molar-refractivity contribution in [3.8, 4) is 11.3 Å². The van der Waals surface area contributed by atoms with Crippen molar-refractivity contribution in [2.75, 3.05) is 0 Å². The Morgan fingerprint density at radius 1 is 1.25 bits per heavy atom. The van der Waals surface area contributed by atoms with Gasteiger partial charge in [0, 0.05) is 42.2 Å². The van der Waals surface area contributed by atoms with E-state index in [1.165, 1.54) is 0 Å². The van der Waals surface area contributed by atoms with Crippen LogP contribution in [-0.4, -0.2) is 35.6 Å². The summed E-state index contributed by atoms with van der Waals surface area (Å²) < 4.78 is 9.42. The fourth-order valence-electron chi connectivity index (χ4n) is 4.24. The molecule has 1 fully saturated rings. The molecule has 4 aromatic heterocycles. The number of pyridine rings is 1. The van der Waals surface area contributed by atoms with Gasteiger partial charge in [0.05, 0.1) is 28.9 Å². The fraction of sp³-hybridized carbons (Fsp3) is 0.435. The van der Waals surface area contributed by atoms with E-state index in [1.54, 1.807) is 12.4 Å². The summed E-state index contributed by atoms with van der Waals surface area (Å²) in [5.74, 6) is 0.198. The molecule has 1 saturated carbocycles. The van der Waals surface area contributed by atoms with E-state index in [9.17, 15) is 4.79 Å². The Bertz CT molecular complexity index is 1300. The van der Waals surface area contributed by atoms with Crippen LogP contribution in [0.15, 0.2) is 29.0 Å². The second kappa shape index (κ2) is 7.89. The van der Waals surface area contributed by atoms with E-state index in [-0.39, 0.29) is 11.9 Å². The molecule has 0 spiro atoms. The van der Waals surface area contributed by atoms with Gasteiger partial charge in [0.25, 0.3) is 11.6 Å². The predicted octanol–water partition coefficient (Wildman–Crippen LogP) is 4.00. The largest absolute Gasteiger partial charge is 0.344 e. The molecule has 166 valence electrons. The predicted molar refractivity (Wildman–Crippen MR) is 119 cm³/mol. The number of amides is 1. The highest BCUT2D eigenvalue weighted by Crippen LogP contribution is 2.41. The van der Waals surface area contributed by atoms with Gasteiger partial charge >= 0.3 is 0 Å². The Morgan fingerprint density at radius 2 is 2.03 bits per heavy atom. The average molecular weight is 434 g/mol. The molecule has 0 unspecified atom stereocenters. The van der Waals surface area contributed by atoms with E-state index in [1.807, 2.05) is 49.2 Å². The number of rotatable bonds is 7. The number of hydrogen-bond acceptors (Lipinski definition) is 6. The second-order valence-corrected chi connectivity index (χ2v) is 8.31. The van der Waals surface area contributed by atoms with Crippen molar-refractivity contribution in [3.63, 3.8) is 0 Å². The molecule has 9 heteroatoms. The van der Waals surface area contributed by atoms with Crippen LogP contribution in [0.2, 0.25) is 0 Å². The smallest absolute Gasteiger partial charge is 0.259 e. The molecule has 4 heterocycles. The first kappa shape index (κ1) is 20.4. The molecule has 1 aliphatic carbocycles. The van der Waals surface area contributed by atoms with Crippen LogP contribution in [0.5, 0.6) is 0 Å². The van der Waals surface area contributed by atoms with Gasteiger partial charge in [0.1, 0.15) is 5.69 Å². The lowest BCUT2D eigenvalue weighted by atomic mass is 10.0. The molecular weight excluding hydrogens is 406 g/mol. The Morgan fingerprint density at radius 3 is 2.72 bits per heavy atom. The summed E-state index contributed by atoms with van der Waals surface area (Å²) in [6, 6.07) is 3.63. The van der Waals surface area contributed by atoms with E-state index in [4.69, 9.17) is 4.52 Å². The minimum absolute atomic E-state index is 0.180. The van der Waals surface area contributed by atoms with Crippen molar-refractivity contribution >= 4 is 17.0 Å². The van der Waals surface area contributed by atoms with Crippen molar-refractivity contribution in [2.45, 2.75) is 65.6 Å². The highest BCUT2D eigenvalue weighted by Gasteiger charge is 2.30. The molecule has 0 saturated heterocycles. The minimum atomic E-state index is -0.203. The molecule has 4 aromatic rings. The molecular formula is C23H27N7O2. The Hall–Kier alpha value is -3.49.